The molecule has 0 atom stereocenters. The third-order valence-electron chi connectivity index (χ3n) is 4.85. The van der Waals surface area contributed by atoms with Gasteiger partial charge in [0.2, 0.25) is 0 Å². The highest BCUT2D eigenvalue weighted by Crippen LogP contribution is 2.34. The lowest BCUT2D eigenvalue weighted by molar-refractivity contribution is 0.253. The Morgan fingerprint density at radius 2 is 1.21 bits per heavy atom. The first-order chi connectivity index (χ1) is 14.4. The van der Waals surface area contributed by atoms with Crippen molar-refractivity contribution in [1.29, 1.82) is 0 Å². The number of halogens is 1. The summed E-state index contributed by atoms with van der Waals surface area (Å²) >= 11 is 3.51. The van der Waals surface area contributed by atoms with E-state index in [4.69, 9.17) is 9.47 Å². The molecule has 0 unspecified atom stereocenters. The fourth-order valence-corrected chi connectivity index (χ4v) is 3.66. The number of benzene rings is 3. The third-order valence-corrected chi connectivity index (χ3v) is 5.41. The van der Waals surface area contributed by atoms with Crippen molar-refractivity contribution in [2.75, 3.05) is 5.33 Å². The van der Waals surface area contributed by atoms with Crippen molar-refractivity contribution in [2.24, 2.45) is 0 Å². The molecule has 0 amide bonds. The second-order valence-corrected chi connectivity index (χ2v) is 7.94. The molecule has 0 N–H and O–H groups in total. The van der Waals surface area contributed by atoms with Crippen LogP contribution in [0.5, 0.6) is 11.5 Å². The zero-order valence-corrected chi connectivity index (χ0v) is 18.4. The van der Waals surface area contributed by atoms with Crippen LogP contribution in [0.25, 0.3) is 0 Å². The van der Waals surface area contributed by atoms with E-state index < -0.39 is 0 Å². The highest BCUT2D eigenvalue weighted by atomic mass is 79.9. The predicted molar refractivity (Wildman–Crippen MR) is 124 cm³/mol. The highest BCUT2D eigenvalue weighted by Gasteiger charge is 2.12. The van der Waals surface area contributed by atoms with E-state index >= 15 is 0 Å². The monoisotopic (exact) mass is 452 g/mol. The average Bonchev–Trinajstić information content (AvgIpc) is 2.78. The van der Waals surface area contributed by atoms with Gasteiger partial charge in [-0.15, -0.1) is 0 Å². The fraction of sp³-hybridized carbons (Fsp3) is 0.308. The largest absolute Gasteiger partial charge is 0.485 e. The minimum atomic E-state index is 0.539. The lowest BCUT2D eigenvalue weighted by atomic mass is 10.0. The van der Waals surface area contributed by atoms with E-state index in [-0.39, 0.29) is 0 Å². The van der Waals surface area contributed by atoms with Crippen LogP contribution in [0.2, 0.25) is 0 Å². The Labute approximate surface area is 183 Å². The van der Waals surface area contributed by atoms with E-state index in [1.54, 1.807) is 0 Å². The summed E-state index contributed by atoms with van der Waals surface area (Å²) in [6.07, 6.45) is 5.90. The van der Waals surface area contributed by atoms with Crippen molar-refractivity contribution >= 4 is 15.9 Å². The molecule has 29 heavy (non-hydrogen) atoms. The molecule has 2 nitrogen and oxygen atoms in total. The van der Waals surface area contributed by atoms with E-state index in [0.29, 0.717) is 13.2 Å². The maximum Gasteiger partial charge on any atom is 0.164 e. The van der Waals surface area contributed by atoms with Gasteiger partial charge >= 0.3 is 0 Å². The zero-order valence-electron chi connectivity index (χ0n) is 16.9. The van der Waals surface area contributed by atoms with E-state index in [9.17, 15) is 0 Å². The number of hydrogen-bond acceptors (Lipinski definition) is 2. The number of alkyl halides is 1. The quantitative estimate of drug-likeness (QED) is 0.211. The van der Waals surface area contributed by atoms with Crippen LogP contribution in [-0.4, -0.2) is 5.33 Å². The molecule has 0 heterocycles. The number of aryl methyl sites for hydroxylation is 1. The Balaban J connectivity index is 1.71. The first kappa shape index (κ1) is 21.4. The Morgan fingerprint density at radius 1 is 0.586 bits per heavy atom. The van der Waals surface area contributed by atoms with Gasteiger partial charge in [0.25, 0.3) is 0 Å². The van der Waals surface area contributed by atoms with Gasteiger partial charge in [0, 0.05) is 5.33 Å². The summed E-state index contributed by atoms with van der Waals surface area (Å²) in [4.78, 5) is 0. The molecule has 3 heteroatoms. The predicted octanol–water partition coefficient (Wildman–Crippen LogP) is 7.34. The SMILES string of the molecule is BrCCCCCCc1cccc(OCc2ccccc2)c1OCc1ccccc1. The number of ether oxygens (including phenoxy) is 2. The van der Waals surface area contributed by atoms with Crippen molar-refractivity contribution in [3.8, 4) is 11.5 Å². The topological polar surface area (TPSA) is 18.5 Å². The Kier molecular flexibility index (Phi) is 9.12. The zero-order chi connectivity index (χ0) is 20.2. The maximum absolute atomic E-state index is 6.29. The van der Waals surface area contributed by atoms with Crippen LogP contribution in [0.1, 0.15) is 42.4 Å². The molecule has 152 valence electrons. The second-order valence-electron chi connectivity index (χ2n) is 7.15. The summed E-state index contributed by atoms with van der Waals surface area (Å²) in [5.41, 5.74) is 3.54. The van der Waals surface area contributed by atoms with Gasteiger partial charge < -0.3 is 9.47 Å². The van der Waals surface area contributed by atoms with Crippen molar-refractivity contribution < 1.29 is 9.47 Å². The van der Waals surface area contributed by atoms with Crippen molar-refractivity contribution in [3.63, 3.8) is 0 Å². The smallest absolute Gasteiger partial charge is 0.164 e. The van der Waals surface area contributed by atoms with Crippen molar-refractivity contribution in [1.82, 2.24) is 0 Å². The molecule has 0 fully saturated rings. The van der Waals surface area contributed by atoms with Crippen LogP contribution >= 0.6 is 15.9 Å². The summed E-state index contributed by atoms with van der Waals surface area (Å²) in [5, 5.41) is 1.08. The van der Waals surface area contributed by atoms with Gasteiger partial charge in [0.15, 0.2) is 11.5 Å². The number of hydrogen-bond donors (Lipinski definition) is 0. The van der Waals surface area contributed by atoms with Crippen LogP contribution in [0.15, 0.2) is 78.9 Å². The van der Waals surface area contributed by atoms with Gasteiger partial charge in [-0.05, 0) is 42.0 Å². The normalized spacial score (nSPS) is 10.7. The van der Waals surface area contributed by atoms with Crippen molar-refractivity contribution in [3.05, 3.63) is 95.6 Å². The van der Waals surface area contributed by atoms with Crippen LogP contribution < -0.4 is 9.47 Å². The van der Waals surface area contributed by atoms with Crippen LogP contribution in [-0.2, 0) is 19.6 Å². The summed E-state index contributed by atoms with van der Waals surface area (Å²) in [6, 6.07) is 26.8. The summed E-state index contributed by atoms with van der Waals surface area (Å²) < 4.78 is 12.5. The van der Waals surface area contributed by atoms with Gasteiger partial charge in [-0.2, -0.15) is 0 Å². The van der Waals surface area contributed by atoms with Crippen LogP contribution in [0, 0.1) is 0 Å². The summed E-state index contributed by atoms with van der Waals surface area (Å²) in [7, 11) is 0. The minimum Gasteiger partial charge on any atom is -0.485 e. The van der Waals surface area contributed by atoms with Crippen LogP contribution in [0.3, 0.4) is 0 Å². The highest BCUT2D eigenvalue weighted by molar-refractivity contribution is 9.09. The number of para-hydroxylation sites is 1. The first-order valence-electron chi connectivity index (χ1n) is 10.4. The van der Waals surface area contributed by atoms with E-state index in [2.05, 4.69) is 52.3 Å². The Morgan fingerprint density at radius 3 is 1.86 bits per heavy atom. The van der Waals surface area contributed by atoms with Gasteiger partial charge in [-0.1, -0.05) is 102 Å². The molecule has 0 radical (unpaired) electrons. The molecular formula is C26H29BrO2. The molecule has 0 aromatic heterocycles. The van der Waals surface area contributed by atoms with Crippen molar-refractivity contribution in [2.45, 2.75) is 45.3 Å². The van der Waals surface area contributed by atoms with E-state index in [0.717, 1.165) is 40.8 Å². The molecule has 3 rings (SSSR count). The standard InChI is InChI=1S/C26H29BrO2/c27-19-10-2-1-9-16-24-17-11-18-25(28-20-22-12-5-3-6-13-22)26(24)29-21-23-14-7-4-8-15-23/h3-8,11-15,17-18H,1-2,9-10,16,19-21H2. The molecule has 0 saturated carbocycles. The van der Waals surface area contributed by atoms with Crippen LogP contribution in [0.4, 0.5) is 0 Å². The molecular weight excluding hydrogens is 424 g/mol. The summed E-state index contributed by atoms with van der Waals surface area (Å²) in [6.45, 7) is 1.08. The molecule has 0 aliphatic heterocycles. The molecule has 3 aromatic carbocycles. The third kappa shape index (κ3) is 7.25. The molecule has 0 spiro atoms. The van der Waals surface area contributed by atoms with Gasteiger partial charge in [-0.25, -0.2) is 0 Å². The fourth-order valence-electron chi connectivity index (χ4n) is 3.26. The maximum atomic E-state index is 6.29. The van der Waals surface area contributed by atoms with E-state index in [1.807, 2.05) is 42.5 Å². The van der Waals surface area contributed by atoms with Gasteiger partial charge in [-0.3, -0.25) is 0 Å². The van der Waals surface area contributed by atoms with Gasteiger partial charge in [0.1, 0.15) is 13.2 Å². The first-order valence-corrected chi connectivity index (χ1v) is 11.5. The molecule has 0 bridgehead atoms. The number of unbranched alkanes of at least 4 members (excludes halogenated alkanes) is 3. The Hall–Kier alpha value is -2.26. The lowest BCUT2D eigenvalue weighted by Gasteiger charge is -2.17. The molecule has 0 aliphatic carbocycles. The lowest BCUT2D eigenvalue weighted by Crippen LogP contribution is -2.03. The minimum absolute atomic E-state index is 0.539. The molecule has 0 saturated heterocycles. The van der Waals surface area contributed by atoms with E-state index in [1.165, 1.54) is 24.8 Å². The molecule has 3 aromatic rings. The average molecular weight is 453 g/mol. The number of rotatable bonds is 12. The second kappa shape index (κ2) is 12.3. The molecule has 0 aliphatic rings. The summed E-state index contributed by atoms with van der Waals surface area (Å²) in [5.74, 6) is 1.70. The van der Waals surface area contributed by atoms with Gasteiger partial charge in [0.05, 0.1) is 0 Å². The Bertz CT molecular complexity index is 834.